The van der Waals surface area contributed by atoms with E-state index in [0.29, 0.717) is 6.04 Å². The van der Waals surface area contributed by atoms with Gasteiger partial charge in [-0.25, -0.2) is 4.98 Å². The van der Waals surface area contributed by atoms with Crippen LogP contribution in [0.1, 0.15) is 30.8 Å². The maximum atomic E-state index is 4.81. The Bertz CT molecular complexity index is 585. The second-order valence-corrected chi connectivity index (χ2v) is 6.34. The van der Waals surface area contributed by atoms with E-state index in [1.54, 1.807) is 0 Å². The molecule has 1 aliphatic rings. The summed E-state index contributed by atoms with van der Waals surface area (Å²) in [5.41, 5.74) is 3.36. The number of aromatic nitrogens is 2. The number of piperidine rings is 1. The fraction of sp³-hybridized carbons (Fsp3) is 0.438. The number of nitrogens with one attached hydrogen (secondary N) is 2. The number of rotatable bonds is 3. The number of hydrogen-bond acceptors (Lipinski definition) is 2. The lowest BCUT2D eigenvalue weighted by Gasteiger charge is -2.22. The summed E-state index contributed by atoms with van der Waals surface area (Å²) in [5, 5.41) is 3.58. The van der Waals surface area contributed by atoms with Crippen molar-refractivity contribution in [2.45, 2.75) is 38.6 Å². The summed E-state index contributed by atoms with van der Waals surface area (Å²) in [5.74, 6) is 1.09. The molecule has 1 unspecified atom stereocenters. The molecule has 1 saturated heterocycles. The molecule has 2 aromatic rings. The van der Waals surface area contributed by atoms with Gasteiger partial charge in [-0.2, -0.15) is 0 Å². The van der Waals surface area contributed by atoms with Crippen molar-refractivity contribution in [3.63, 3.8) is 0 Å². The van der Waals surface area contributed by atoms with Crippen LogP contribution in [-0.4, -0.2) is 22.6 Å². The van der Waals surface area contributed by atoms with Gasteiger partial charge < -0.3 is 10.3 Å². The van der Waals surface area contributed by atoms with Crippen LogP contribution in [0.4, 0.5) is 0 Å². The maximum Gasteiger partial charge on any atom is 0.108 e. The third-order valence-corrected chi connectivity index (χ3v) is 4.61. The van der Waals surface area contributed by atoms with Crippen LogP contribution in [0.3, 0.4) is 0 Å². The predicted molar refractivity (Wildman–Crippen MR) is 85.8 cm³/mol. The van der Waals surface area contributed by atoms with E-state index < -0.39 is 0 Å². The molecular weight excluding hydrogens is 314 g/mol. The highest BCUT2D eigenvalue weighted by atomic mass is 79.9. The maximum absolute atomic E-state index is 4.81. The quantitative estimate of drug-likeness (QED) is 0.896. The Kier molecular flexibility index (Phi) is 4.22. The summed E-state index contributed by atoms with van der Waals surface area (Å²) in [6.07, 6.45) is 4.87. The van der Waals surface area contributed by atoms with Gasteiger partial charge in [-0.3, -0.25) is 0 Å². The van der Waals surface area contributed by atoms with Gasteiger partial charge in [0.2, 0.25) is 0 Å². The number of benzene rings is 1. The molecule has 0 saturated carbocycles. The predicted octanol–water partition coefficient (Wildman–Crippen LogP) is 3.83. The van der Waals surface area contributed by atoms with Crippen LogP contribution in [0.25, 0.3) is 11.3 Å². The number of halogens is 1. The minimum absolute atomic E-state index is 0.571. The van der Waals surface area contributed by atoms with Crippen LogP contribution in [-0.2, 0) is 6.42 Å². The van der Waals surface area contributed by atoms with Gasteiger partial charge in [0.1, 0.15) is 5.82 Å². The number of nitrogens with zero attached hydrogens (tertiary/aromatic N) is 1. The summed E-state index contributed by atoms with van der Waals surface area (Å²) in [6, 6.07) is 8.82. The van der Waals surface area contributed by atoms with Crippen LogP contribution in [0.2, 0.25) is 0 Å². The second kappa shape index (κ2) is 6.10. The molecule has 0 radical (unpaired) electrons. The highest BCUT2D eigenvalue weighted by molar-refractivity contribution is 9.10. The third-order valence-electron chi connectivity index (χ3n) is 3.91. The lowest BCUT2D eigenvalue weighted by atomic mass is 10.0. The zero-order valence-corrected chi connectivity index (χ0v) is 13.3. The molecule has 0 spiro atoms. The minimum atomic E-state index is 0.571. The molecule has 20 heavy (non-hydrogen) atoms. The molecule has 1 fully saturated rings. The third kappa shape index (κ3) is 2.96. The Morgan fingerprint density at radius 2 is 2.15 bits per heavy atom. The molecule has 1 aliphatic heterocycles. The first kappa shape index (κ1) is 13.8. The largest absolute Gasteiger partial charge is 0.346 e. The Balaban J connectivity index is 1.82. The molecule has 0 bridgehead atoms. The minimum Gasteiger partial charge on any atom is -0.346 e. The summed E-state index contributed by atoms with van der Waals surface area (Å²) >= 11 is 3.61. The molecule has 2 heterocycles. The van der Waals surface area contributed by atoms with E-state index in [0.717, 1.165) is 40.2 Å². The fourth-order valence-electron chi connectivity index (χ4n) is 2.87. The number of H-pyrrole nitrogens is 1. The van der Waals surface area contributed by atoms with Gasteiger partial charge in [0.25, 0.3) is 0 Å². The van der Waals surface area contributed by atoms with E-state index in [-0.39, 0.29) is 0 Å². The van der Waals surface area contributed by atoms with Crippen molar-refractivity contribution in [1.82, 2.24) is 15.3 Å². The molecular formula is C16H20BrN3. The highest BCUT2D eigenvalue weighted by Crippen LogP contribution is 2.29. The van der Waals surface area contributed by atoms with Gasteiger partial charge in [0, 0.05) is 28.2 Å². The molecule has 0 aliphatic carbocycles. The molecule has 1 aromatic heterocycles. The zero-order chi connectivity index (χ0) is 13.9. The van der Waals surface area contributed by atoms with Crippen LogP contribution in [0, 0.1) is 6.92 Å². The van der Waals surface area contributed by atoms with E-state index >= 15 is 0 Å². The Labute approximate surface area is 128 Å². The van der Waals surface area contributed by atoms with E-state index in [1.807, 2.05) is 6.07 Å². The first-order valence-electron chi connectivity index (χ1n) is 7.28. The molecule has 4 heteroatoms. The van der Waals surface area contributed by atoms with Gasteiger partial charge in [-0.05, 0) is 32.4 Å². The smallest absolute Gasteiger partial charge is 0.108 e. The van der Waals surface area contributed by atoms with Crippen LogP contribution in [0.15, 0.2) is 28.7 Å². The summed E-state index contributed by atoms with van der Waals surface area (Å²) in [7, 11) is 0. The van der Waals surface area contributed by atoms with Gasteiger partial charge in [0.15, 0.2) is 0 Å². The molecule has 2 N–H and O–H groups in total. The average Bonchev–Trinajstić information content (AvgIpc) is 2.81. The number of imidazole rings is 1. The monoisotopic (exact) mass is 333 g/mol. The molecule has 1 atom stereocenters. The fourth-order valence-corrected chi connectivity index (χ4v) is 3.34. The van der Waals surface area contributed by atoms with Gasteiger partial charge >= 0.3 is 0 Å². The average molecular weight is 334 g/mol. The summed E-state index contributed by atoms with van der Waals surface area (Å²) in [6.45, 7) is 3.24. The van der Waals surface area contributed by atoms with E-state index in [1.165, 1.54) is 19.3 Å². The van der Waals surface area contributed by atoms with Crippen molar-refractivity contribution in [2.24, 2.45) is 0 Å². The van der Waals surface area contributed by atoms with Crippen molar-refractivity contribution >= 4 is 15.9 Å². The standard InChI is InChI=1S/C16H20BrN3/c1-11-16(13-7-2-3-8-14(13)17)20-15(19-11)10-12-6-4-5-9-18-12/h2-3,7-8,12,18H,4-6,9-10H2,1H3,(H,19,20). The number of aryl methyl sites for hydroxylation is 1. The van der Waals surface area contributed by atoms with Crippen molar-refractivity contribution in [2.75, 3.05) is 6.54 Å². The lowest BCUT2D eigenvalue weighted by molar-refractivity contribution is 0.395. The molecule has 1 aromatic carbocycles. The summed E-state index contributed by atoms with van der Waals surface area (Å²) in [4.78, 5) is 8.26. The molecule has 3 nitrogen and oxygen atoms in total. The van der Waals surface area contributed by atoms with Crippen LogP contribution >= 0.6 is 15.9 Å². The molecule has 106 valence electrons. The lowest BCUT2D eigenvalue weighted by Crippen LogP contribution is -2.35. The summed E-state index contributed by atoms with van der Waals surface area (Å²) < 4.78 is 1.09. The Morgan fingerprint density at radius 1 is 1.30 bits per heavy atom. The number of aromatic amines is 1. The Hall–Kier alpha value is -1.13. The Morgan fingerprint density at radius 3 is 2.90 bits per heavy atom. The van der Waals surface area contributed by atoms with Gasteiger partial charge in [-0.1, -0.05) is 40.5 Å². The number of hydrogen-bond donors (Lipinski definition) is 2. The van der Waals surface area contributed by atoms with Crippen molar-refractivity contribution in [1.29, 1.82) is 0 Å². The molecule has 0 amide bonds. The normalized spacial score (nSPS) is 19.2. The second-order valence-electron chi connectivity index (χ2n) is 5.49. The van der Waals surface area contributed by atoms with E-state index in [4.69, 9.17) is 4.98 Å². The topological polar surface area (TPSA) is 40.7 Å². The van der Waals surface area contributed by atoms with Gasteiger partial charge in [-0.15, -0.1) is 0 Å². The van der Waals surface area contributed by atoms with Crippen molar-refractivity contribution < 1.29 is 0 Å². The van der Waals surface area contributed by atoms with Gasteiger partial charge in [0.05, 0.1) is 5.69 Å². The highest BCUT2D eigenvalue weighted by Gasteiger charge is 2.17. The van der Waals surface area contributed by atoms with Crippen LogP contribution in [0.5, 0.6) is 0 Å². The zero-order valence-electron chi connectivity index (χ0n) is 11.7. The first-order chi connectivity index (χ1) is 9.74. The van der Waals surface area contributed by atoms with Crippen molar-refractivity contribution in [3.05, 3.63) is 40.3 Å². The van der Waals surface area contributed by atoms with Crippen molar-refractivity contribution in [3.8, 4) is 11.3 Å². The molecule has 3 rings (SSSR count). The SMILES string of the molecule is Cc1[nH]c(CC2CCCCN2)nc1-c1ccccc1Br. The first-order valence-corrected chi connectivity index (χ1v) is 8.07. The van der Waals surface area contributed by atoms with Crippen LogP contribution < -0.4 is 5.32 Å². The van der Waals surface area contributed by atoms with E-state index in [9.17, 15) is 0 Å². The van der Waals surface area contributed by atoms with E-state index in [2.05, 4.69) is 51.4 Å².